The molecular weight excluding hydrogens is 270 g/mol. The summed E-state index contributed by atoms with van der Waals surface area (Å²) in [6, 6.07) is 5.37. The molecule has 16 heavy (non-hydrogen) atoms. The molecule has 1 N–H and O–H groups in total. The van der Waals surface area contributed by atoms with E-state index in [2.05, 4.69) is 0 Å². The highest BCUT2D eigenvalue weighted by Gasteiger charge is 2.68. The summed E-state index contributed by atoms with van der Waals surface area (Å²) in [6.07, 6.45) is 0. The van der Waals surface area contributed by atoms with E-state index in [0.717, 1.165) is 11.1 Å². The number of rotatable bonds is 2. The number of aryl methyl sites for hydroxylation is 1. The van der Waals surface area contributed by atoms with Crippen LogP contribution in [0, 0.1) is 12.8 Å². The van der Waals surface area contributed by atoms with Crippen LogP contribution in [0.25, 0.3) is 0 Å². The zero-order chi connectivity index (χ0) is 12.1. The first kappa shape index (κ1) is 12.0. The average molecular weight is 280 g/mol. The van der Waals surface area contributed by atoms with Gasteiger partial charge < -0.3 is 5.11 Å². The van der Waals surface area contributed by atoms with Gasteiger partial charge in [0.05, 0.1) is 5.92 Å². The third-order valence-electron chi connectivity index (χ3n) is 2.74. The van der Waals surface area contributed by atoms with Crippen molar-refractivity contribution in [3.63, 3.8) is 0 Å². The number of hydrogen-bond acceptors (Lipinski definition) is 1. The Hall–Kier alpha value is -0.440. The van der Waals surface area contributed by atoms with Crippen LogP contribution in [0.3, 0.4) is 0 Å². The third-order valence-corrected chi connectivity index (χ3v) is 3.90. The summed E-state index contributed by atoms with van der Waals surface area (Å²) in [5.41, 5.74) is 1.74. The predicted octanol–water partition coefficient (Wildman–Crippen LogP) is 3.62. The van der Waals surface area contributed by atoms with E-state index in [1.165, 1.54) is 0 Å². The smallest absolute Gasteiger partial charge is 0.310 e. The summed E-state index contributed by atoms with van der Waals surface area (Å²) >= 11 is 17.8. The summed E-state index contributed by atoms with van der Waals surface area (Å²) in [4.78, 5) is 10.9. The van der Waals surface area contributed by atoms with Gasteiger partial charge in [0.2, 0.25) is 0 Å². The molecule has 1 saturated carbocycles. The number of carbonyl (C=O) groups is 1. The van der Waals surface area contributed by atoms with Crippen molar-refractivity contribution in [3.8, 4) is 0 Å². The number of benzene rings is 1. The highest BCUT2D eigenvalue weighted by molar-refractivity contribution is 6.53. The highest BCUT2D eigenvalue weighted by Crippen LogP contribution is 2.65. The van der Waals surface area contributed by atoms with E-state index in [9.17, 15) is 4.79 Å². The van der Waals surface area contributed by atoms with Crippen molar-refractivity contribution in [2.24, 2.45) is 5.92 Å². The molecule has 0 heterocycles. The van der Waals surface area contributed by atoms with Crippen LogP contribution in [0.5, 0.6) is 0 Å². The molecule has 2 atom stereocenters. The van der Waals surface area contributed by atoms with Crippen molar-refractivity contribution >= 4 is 40.8 Å². The summed E-state index contributed by atoms with van der Waals surface area (Å²) in [5.74, 6) is -2.12. The molecule has 1 aromatic carbocycles. The SMILES string of the molecule is Cc1cc(Cl)cc(C2C(C(=O)O)C2(Cl)Cl)c1. The average Bonchev–Trinajstić information content (AvgIpc) is 2.67. The second-order valence-electron chi connectivity index (χ2n) is 4.03. The van der Waals surface area contributed by atoms with Gasteiger partial charge in [0.1, 0.15) is 4.33 Å². The van der Waals surface area contributed by atoms with Crippen LogP contribution < -0.4 is 0 Å². The number of alkyl halides is 2. The van der Waals surface area contributed by atoms with Crippen molar-refractivity contribution in [2.75, 3.05) is 0 Å². The Bertz CT molecular complexity index is 436. The van der Waals surface area contributed by atoms with E-state index in [-0.39, 0.29) is 5.92 Å². The molecule has 0 amide bonds. The maximum Gasteiger partial charge on any atom is 0.310 e. The molecule has 0 saturated heterocycles. The zero-order valence-electron chi connectivity index (χ0n) is 8.38. The standard InChI is InChI=1S/C11H9Cl3O2/c1-5-2-6(4-7(12)3-5)8-9(10(15)16)11(8,13)14/h2-4,8-9H,1H3,(H,15,16). The Morgan fingerprint density at radius 2 is 2.00 bits per heavy atom. The van der Waals surface area contributed by atoms with Gasteiger partial charge in [-0.3, -0.25) is 4.79 Å². The van der Waals surface area contributed by atoms with Gasteiger partial charge in [-0.2, -0.15) is 0 Å². The van der Waals surface area contributed by atoms with Crippen LogP contribution in [-0.2, 0) is 4.79 Å². The summed E-state index contributed by atoms with van der Waals surface area (Å²) in [6.45, 7) is 1.89. The number of hydrogen-bond donors (Lipinski definition) is 1. The minimum Gasteiger partial charge on any atom is -0.481 e. The molecule has 0 spiro atoms. The lowest BCUT2D eigenvalue weighted by atomic mass is 10.1. The lowest BCUT2D eigenvalue weighted by Gasteiger charge is -2.03. The van der Waals surface area contributed by atoms with Crippen LogP contribution >= 0.6 is 34.8 Å². The van der Waals surface area contributed by atoms with E-state index in [1.54, 1.807) is 12.1 Å². The van der Waals surface area contributed by atoms with Crippen LogP contribution in [0.4, 0.5) is 0 Å². The lowest BCUT2D eigenvalue weighted by Crippen LogP contribution is -2.03. The molecular formula is C11H9Cl3O2. The summed E-state index contributed by atoms with van der Waals surface area (Å²) in [7, 11) is 0. The monoisotopic (exact) mass is 278 g/mol. The molecule has 0 radical (unpaired) electrons. The first-order chi connectivity index (χ1) is 7.34. The maximum atomic E-state index is 10.9. The van der Waals surface area contributed by atoms with Crippen LogP contribution in [0.15, 0.2) is 18.2 Å². The Morgan fingerprint density at radius 1 is 1.38 bits per heavy atom. The minimum atomic E-state index is -1.22. The molecule has 2 nitrogen and oxygen atoms in total. The van der Waals surface area contributed by atoms with Gasteiger partial charge in [-0.15, -0.1) is 0 Å². The van der Waals surface area contributed by atoms with Gasteiger partial charge >= 0.3 is 5.97 Å². The van der Waals surface area contributed by atoms with E-state index in [1.807, 2.05) is 13.0 Å². The highest BCUT2D eigenvalue weighted by atomic mass is 35.5. The van der Waals surface area contributed by atoms with Crippen molar-refractivity contribution in [1.29, 1.82) is 0 Å². The lowest BCUT2D eigenvalue weighted by molar-refractivity contribution is -0.138. The predicted molar refractivity (Wildman–Crippen MR) is 64.5 cm³/mol. The summed E-state index contributed by atoms with van der Waals surface area (Å²) < 4.78 is -1.22. The Morgan fingerprint density at radius 3 is 2.44 bits per heavy atom. The third kappa shape index (κ3) is 1.90. The fraction of sp³-hybridized carbons (Fsp3) is 0.364. The van der Waals surface area contributed by atoms with Crippen molar-refractivity contribution in [1.82, 2.24) is 0 Å². The first-order valence-electron chi connectivity index (χ1n) is 4.71. The van der Waals surface area contributed by atoms with Crippen LogP contribution in [0.1, 0.15) is 17.0 Å². The van der Waals surface area contributed by atoms with Gasteiger partial charge in [0.25, 0.3) is 0 Å². The molecule has 5 heteroatoms. The normalized spacial score (nSPS) is 26.5. The Labute approximate surface area is 108 Å². The van der Waals surface area contributed by atoms with Gasteiger partial charge in [0.15, 0.2) is 0 Å². The zero-order valence-corrected chi connectivity index (χ0v) is 10.6. The second-order valence-corrected chi connectivity index (χ2v) is 5.91. The van der Waals surface area contributed by atoms with Gasteiger partial charge in [-0.25, -0.2) is 0 Å². The fourth-order valence-corrected chi connectivity index (χ4v) is 3.11. The van der Waals surface area contributed by atoms with E-state index in [4.69, 9.17) is 39.9 Å². The van der Waals surface area contributed by atoms with Gasteiger partial charge in [0, 0.05) is 10.9 Å². The van der Waals surface area contributed by atoms with Gasteiger partial charge in [-0.1, -0.05) is 40.9 Å². The van der Waals surface area contributed by atoms with Crippen molar-refractivity contribution < 1.29 is 9.90 Å². The van der Waals surface area contributed by atoms with Crippen molar-refractivity contribution in [2.45, 2.75) is 17.2 Å². The van der Waals surface area contributed by atoms with Crippen LogP contribution in [-0.4, -0.2) is 15.4 Å². The van der Waals surface area contributed by atoms with E-state index in [0.29, 0.717) is 5.02 Å². The number of carboxylic acids is 1. The van der Waals surface area contributed by atoms with E-state index < -0.39 is 16.2 Å². The second kappa shape index (κ2) is 3.80. The maximum absolute atomic E-state index is 10.9. The molecule has 1 aromatic rings. The largest absolute Gasteiger partial charge is 0.481 e. The van der Waals surface area contributed by atoms with Gasteiger partial charge in [-0.05, 0) is 30.2 Å². The molecule has 1 aliphatic carbocycles. The summed E-state index contributed by atoms with van der Waals surface area (Å²) in [5, 5.41) is 9.52. The molecule has 86 valence electrons. The number of halogens is 3. The van der Waals surface area contributed by atoms with Crippen molar-refractivity contribution in [3.05, 3.63) is 34.3 Å². The number of carboxylic acid groups (broad SMARTS) is 1. The topological polar surface area (TPSA) is 37.3 Å². The molecule has 0 aliphatic heterocycles. The minimum absolute atomic E-state index is 0.384. The Kier molecular flexibility index (Phi) is 2.85. The molecule has 0 aromatic heterocycles. The van der Waals surface area contributed by atoms with E-state index >= 15 is 0 Å². The molecule has 1 fully saturated rings. The number of aliphatic carboxylic acids is 1. The quantitative estimate of drug-likeness (QED) is 0.840. The first-order valence-corrected chi connectivity index (χ1v) is 5.85. The Balaban J connectivity index is 2.37. The molecule has 1 aliphatic rings. The van der Waals surface area contributed by atoms with Crippen LogP contribution in [0.2, 0.25) is 5.02 Å². The fourth-order valence-electron chi connectivity index (χ4n) is 1.99. The molecule has 0 bridgehead atoms. The molecule has 2 rings (SSSR count). The molecule has 2 unspecified atom stereocenters.